The zero-order valence-corrected chi connectivity index (χ0v) is 13.9. The molecule has 134 valence electrons. The summed E-state index contributed by atoms with van der Waals surface area (Å²) in [6, 6.07) is 3.62. The summed E-state index contributed by atoms with van der Waals surface area (Å²) in [5, 5.41) is 15.4. The van der Waals surface area contributed by atoms with Crippen LogP contribution in [0.15, 0.2) is 18.3 Å². The maximum Gasteiger partial charge on any atom is 0.368 e. The Morgan fingerprint density at radius 1 is 1.32 bits per heavy atom. The van der Waals surface area contributed by atoms with E-state index in [1.165, 1.54) is 10.7 Å². The Bertz CT molecular complexity index is 750. The van der Waals surface area contributed by atoms with Crippen molar-refractivity contribution in [2.24, 2.45) is 0 Å². The van der Waals surface area contributed by atoms with Crippen LogP contribution in [-0.4, -0.2) is 58.0 Å². The van der Waals surface area contributed by atoms with Gasteiger partial charge in [-0.05, 0) is 36.7 Å². The molecule has 25 heavy (non-hydrogen) atoms. The minimum Gasteiger partial charge on any atom is -0.376 e. The molecule has 2 aliphatic rings. The molecule has 0 radical (unpaired) electrons. The molecule has 0 bridgehead atoms. The number of hydrogen-bond acceptors (Lipinski definition) is 7. The van der Waals surface area contributed by atoms with Gasteiger partial charge in [-0.25, -0.2) is 4.98 Å². The molecule has 2 aliphatic heterocycles. The van der Waals surface area contributed by atoms with E-state index in [9.17, 15) is 10.1 Å². The van der Waals surface area contributed by atoms with Gasteiger partial charge in [-0.2, -0.15) is 0 Å². The van der Waals surface area contributed by atoms with Gasteiger partial charge in [-0.1, -0.05) is 9.61 Å². The molecule has 0 saturated carbocycles. The number of piperidine rings is 1. The number of ether oxygens (including phenoxy) is 2. The monoisotopic (exact) mass is 347 g/mol. The second-order valence-electron chi connectivity index (χ2n) is 6.49. The highest BCUT2D eigenvalue weighted by molar-refractivity contribution is 5.49. The molecule has 9 nitrogen and oxygen atoms in total. The SMILES string of the molecule is O=[N+]([O-])c1cnc2ccc(N3CCC(OCC4CCCO4)CC3)nn12. The lowest BCUT2D eigenvalue weighted by Crippen LogP contribution is -2.38. The smallest absolute Gasteiger partial charge is 0.368 e. The number of hydrogen-bond donors (Lipinski definition) is 0. The van der Waals surface area contributed by atoms with Crippen molar-refractivity contribution < 1.29 is 14.4 Å². The Kier molecular flexibility index (Phi) is 4.50. The van der Waals surface area contributed by atoms with Gasteiger partial charge in [0.25, 0.3) is 0 Å². The number of rotatable bonds is 5. The van der Waals surface area contributed by atoms with Gasteiger partial charge in [0.05, 0.1) is 18.8 Å². The lowest BCUT2D eigenvalue weighted by atomic mass is 10.1. The number of nitro groups is 1. The van der Waals surface area contributed by atoms with Crippen LogP contribution in [0.4, 0.5) is 11.6 Å². The van der Waals surface area contributed by atoms with Crippen LogP contribution in [0, 0.1) is 10.1 Å². The first-order valence-electron chi connectivity index (χ1n) is 8.68. The summed E-state index contributed by atoms with van der Waals surface area (Å²) in [7, 11) is 0. The van der Waals surface area contributed by atoms with Gasteiger partial charge in [0.1, 0.15) is 6.20 Å². The van der Waals surface area contributed by atoms with Crippen LogP contribution in [0.2, 0.25) is 0 Å². The fourth-order valence-electron chi connectivity index (χ4n) is 3.42. The van der Waals surface area contributed by atoms with E-state index in [1.54, 1.807) is 6.07 Å². The van der Waals surface area contributed by atoms with Crippen LogP contribution < -0.4 is 4.90 Å². The number of aromatic nitrogens is 3. The van der Waals surface area contributed by atoms with Gasteiger partial charge < -0.3 is 24.5 Å². The van der Waals surface area contributed by atoms with E-state index in [1.807, 2.05) is 6.07 Å². The molecule has 0 aromatic carbocycles. The van der Waals surface area contributed by atoms with Crippen molar-refractivity contribution in [2.75, 3.05) is 31.2 Å². The largest absolute Gasteiger partial charge is 0.376 e. The highest BCUT2D eigenvalue weighted by Crippen LogP contribution is 2.22. The lowest BCUT2D eigenvalue weighted by Gasteiger charge is -2.32. The average molecular weight is 347 g/mol. The maximum absolute atomic E-state index is 11.1. The fraction of sp³-hybridized carbons (Fsp3) is 0.625. The van der Waals surface area contributed by atoms with Crippen LogP contribution in [0.3, 0.4) is 0 Å². The Hall–Kier alpha value is -2.26. The third kappa shape index (κ3) is 3.42. The summed E-state index contributed by atoms with van der Waals surface area (Å²) >= 11 is 0. The van der Waals surface area contributed by atoms with E-state index in [4.69, 9.17) is 9.47 Å². The van der Waals surface area contributed by atoms with Crippen LogP contribution >= 0.6 is 0 Å². The van der Waals surface area contributed by atoms with Gasteiger partial charge in [-0.3, -0.25) is 0 Å². The number of nitrogens with zero attached hydrogens (tertiary/aromatic N) is 5. The first-order valence-corrected chi connectivity index (χ1v) is 8.68. The van der Waals surface area contributed by atoms with Crippen molar-refractivity contribution >= 4 is 17.3 Å². The summed E-state index contributed by atoms with van der Waals surface area (Å²) in [6.07, 6.45) is 5.78. The standard InChI is InChI=1S/C16H21N5O4/c22-21(23)16-10-17-14-3-4-15(18-20(14)16)19-7-5-12(6-8-19)25-11-13-2-1-9-24-13/h3-4,10,12-13H,1-2,5-9,11H2. The van der Waals surface area contributed by atoms with E-state index in [-0.39, 0.29) is 18.0 Å². The van der Waals surface area contributed by atoms with Crippen molar-refractivity contribution in [1.29, 1.82) is 0 Å². The summed E-state index contributed by atoms with van der Waals surface area (Å²) in [5.41, 5.74) is 0.477. The van der Waals surface area contributed by atoms with Crippen molar-refractivity contribution in [3.8, 4) is 0 Å². The molecule has 2 aromatic rings. The van der Waals surface area contributed by atoms with Gasteiger partial charge >= 0.3 is 5.82 Å². The zero-order valence-electron chi connectivity index (χ0n) is 13.9. The summed E-state index contributed by atoms with van der Waals surface area (Å²) in [6.45, 7) is 3.16. The number of anilines is 1. The van der Waals surface area contributed by atoms with Crippen LogP contribution in [0.1, 0.15) is 25.7 Å². The molecular weight excluding hydrogens is 326 g/mol. The van der Waals surface area contributed by atoms with Crippen molar-refractivity contribution in [3.63, 3.8) is 0 Å². The predicted octanol–water partition coefficient (Wildman–Crippen LogP) is 1.80. The molecule has 1 atom stereocenters. The van der Waals surface area contributed by atoms with Crippen LogP contribution in [0.5, 0.6) is 0 Å². The molecule has 1 unspecified atom stereocenters. The summed E-state index contributed by atoms with van der Waals surface area (Å²) < 4.78 is 12.9. The second kappa shape index (κ2) is 6.93. The van der Waals surface area contributed by atoms with Crippen LogP contribution in [-0.2, 0) is 9.47 Å². The van der Waals surface area contributed by atoms with Gasteiger partial charge in [-0.15, -0.1) is 0 Å². The summed E-state index contributed by atoms with van der Waals surface area (Å²) in [5.74, 6) is 0.609. The highest BCUT2D eigenvalue weighted by atomic mass is 16.6. The minimum absolute atomic E-state index is 0.119. The molecule has 0 N–H and O–H groups in total. The Morgan fingerprint density at radius 2 is 2.16 bits per heavy atom. The lowest BCUT2D eigenvalue weighted by molar-refractivity contribution is -0.391. The average Bonchev–Trinajstić information content (AvgIpc) is 3.29. The first kappa shape index (κ1) is 16.2. The quantitative estimate of drug-likeness (QED) is 0.601. The van der Waals surface area contributed by atoms with Gasteiger partial charge in [0, 0.05) is 25.8 Å². The zero-order chi connectivity index (χ0) is 17.2. The van der Waals surface area contributed by atoms with Gasteiger partial charge in [0.2, 0.25) is 5.65 Å². The predicted molar refractivity (Wildman–Crippen MR) is 89.8 cm³/mol. The van der Waals surface area contributed by atoms with Crippen molar-refractivity contribution in [1.82, 2.24) is 14.6 Å². The molecule has 9 heteroatoms. The van der Waals surface area contributed by atoms with E-state index >= 15 is 0 Å². The van der Waals surface area contributed by atoms with Crippen molar-refractivity contribution in [3.05, 3.63) is 28.4 Å². The highest BCUT2D eigenvalue weighted by Gasteiger charge is 2.25. The number of fused-ring (bicyclic) bond motifs is 1. The van der Waals surface area contributed by atoms with Gasteiger partial charge in [0.15, 0.2) is 5.82 Å². The fourth-order valence-corrected chi connectivity index (χ4v) is 3.42. The maximum atomic E-state index is 11.1. The minimum atomic E-state index is -0.470. The Balaban J connectivity index is 1.37. The topological polar surface area (TPSA) is 95.0 Å². The third-order valence-electron chi connectivity index (χ3n) is 4.83. The molecule has 4 heterocycles. The van der Waals surface area contributed by atoms with E-state index in [0.29, 0.717) is 12.3 Å². The van der Waals surface area contributed by atoms with Crippen molar-refractivity contribution in [2.45, 2.75) is 37.9 Å². The number of imidazole rings is 1. The molecule has 2 aromatic heterocycles. The Labute approximate surface area is 144 Å². The Morgan fingerprint density at radius 3 is 2.88 bits per heavy atom. The molecule has 2 saturated heterocycles. The molecule has 0 spiro atoms. The molecule has 0 aliphatic carbocycles. The van der Waals surface area contributed by atoms with E-state index < -0.39 is 4.92 Å². The van der Waals surface area contributed by atoms with Crippen LogP contribution in [0.25, 0.3) is 5.65 Å². The third-order valence-corrected chi connectivity index (χ3v) is 4.83. The van der Waals surface area contributed by atoms with E-state index in [2.05, 4.69) is 15.0 Å². The second-order valence-corrected chi connectivity index (χ2v) is 6.49. The molecule has 2 fully saturated rings. The first-order chi connectivity index (χ1) is 12.2. The van der Waals surface area contributed by atoms with E-state index in [0.717, 1.165) is 51.2 Å². The normalized spacial score (nSPS) is 21.9. The molecule has 0 amide bonds. The molecular formula is C16H21N5O4. The summed E-state index contributed by atoms with van der Waals surface area (Å²) in [4.78, 5) is 16.7. The molecule has 4 rings (SSSR count).